The summed E-state index contributed by atoms with van der Waals surface area (Å²) in [5.41, 5.74) is 5.10. The van der Waals surface area contributed by atoms with Crippen LogP contribution in [0.25, 0.3) is 5.57 Å². The largest absolute Gasteiger partial charge is 0.304 e. The van der Waals surface area contributed by atoms with Crippen LogP contribution in [0.1, 0.15) is 29.7 Å². The molecule has 0 aromatic heterocycles. The third-order valence-electron chi connectivity index (χ3n) is 6.90. The van der Waals surface area contributed by atoms with Crippen molar-refractivity contribution in [2.45, 2.75) is 13.0 Å². The number of benzene rings is 3. The number of nitrogens with zero attached hydrogens (tertiary/aromatic N) is 3. The average Bonchev–Trinajstić information content (AvgIpc) is 2.88. The first-order chi connectivity index (χ1) is 16.6. The SMILES string of the molecule is C[C@H](c1ccc(Cl)cc1)N(CC=C(c1ccccc1)c1ccccc1)CCN1CCN(C)CC1. The minimum Gasteiger partial charge on any atom is -0.304 e. The van der Waals surface area contributed by atoms with Crippen molar-refractivity contribution in [3.63, 3.8) is 0 Å². The summed E-state index contributed by atoms with van der Waals surface area (Å²) in [6, 6.07) is 30.1. The van der Waals surface area contributed by atoms with Crippen molar-refractivity contribution in [3.8, 4) is 0 Å². The Morgan fingerprint density at radius 1 is 0.853 bits per heavy atom. The van der Waals surface area contributed by atoms with Gasteiger partial charge in [0.1, 0.15) is 0 Å². The number of hydrogen-bond donors (Lipinski definition) is 0. The maximum absolute atomic E-state index is 6.18. The Balaban J connectivity index is 1.57. The molecule has 4 rings (SSSR count). The molecular weight excluding hydrogens is 438 g/mol. The quantitative estimate of drug-likeness (QED) is 0.372. The van der Waals surface area contributed by atoms with E-state index in [2.05, 4.69) is 108 Å². The van der Waals surface area contributed by atoms with Gasteiger partial charge in [-0.2, -0.15) is 0 Å². The van der Waals surface area contributed by atoms with Crippen molar-refractivity contribution in [3.05, 3.63) is 113 Å². The molecule has 0 saturated carbocycles. The first-order valence-electron chi connectivity index (χ1n) is 12.3. The first-order valence-corrected chi connectivity index (χ1v) is 12.7. The van der Waals surface area contributed by atoms with Crippen LogP contribution in [0, 0.1) is 0 Å². The molecule has 0 unspecified atom stereocenters. The Morgan fingerprint density at radius 3 is 1.97 bits per heavy atom. The van der Waals surface area contributed by atoms with Crippen LogP contribution in [0.3, 0.4) is 0 Å². The topological polar surface area (TPSA) is 9.72 Å². The van der Waals surface area contributed by atoms with Gasteiger partial charge in [0.15, 0.2) is 0 Å². The number of halogens is 1. The average molecular weight is 474 g/mol. The van der Waals surface area contributed by atoms with E-state index in [0.717, 1.165) is 50.8 Å². The molecule has 178 valence electrons. The number of hydrogen-bond acceptors (Lipinski definition) is 3. The smallest absolute Gasteiger partial charge is 0.0406 e. The lowest BCUT2D eigenvalue weighted by molar-refractivity contribution is 0.127. The number of piperazine rings is 1. The standard InChI is InChI=1S/C30H36ClN3/c1-25(26-13-15-29(31)16-14-26)34(24-23-33-21-19-32(2)20-22-33)18-17-30(27-9-5-3-6-10-27)28-11-7-4-8-12-28/h3-17,25H,18-24H2,1-2H3/t25-/m1/s1. The maximum Gasteiger partial charge on any atom is 0.0406 e. The van der Waals surface area contributed by atoms with Gasteiger partial charge in [-0.25, -0.2) is 0 Å². The molecule has 3 aromatic carbocycles. The minimum atomic E-state index is 0.300. The van der Waals surface area contributed by atoms with Crippen molar-refractivity contribution in [1.82, 2.24) is 14.7 Å². The Morgan fingerprint density at radius 2 is 1.41 bits per heavy atom. The summed E-state index contributed by atoms with van der Waals surface area (Å²) in [6.07, 6.45) is 2.40. The van der Waals surface area contributed by atoms with Crippen LogP contribution in [0.15, 0.2) is 91.0 Å². The van der Waals surface area contributed by atoms with Gasteiger partial charge in [0, 0.05) is 56.9 Å². The van der Waals surface area contributed by atoms with E-state index in [4.69, 9.17) is 11.6 Å². The molecule has 0 N–H and O–H groups in total. The summed E-state index contributed by atoms with van der Waals surface area (Å²) >= 11 is 6.18. The van der Waals surface area contributed by atoms with Gasteiger partial charge in [-0.15, -0.1) is 0 Å². The van der Waals surface area contributed by atoms with E-state index >= 15 is 0 Å². The summed E-state index contributed by atoms with van der Waals surface area (Å²) in [7, 11) is 2.21. The molecule has 34 heavy (non-hydrogen) atoms. The normalized spacial score (nSPS) is 15.9. The van der Waals surface area contributed by atoms with Crippen LogP contribution < -0.4 is 0 Å². The summed E-state index contributed by atoms with van der Waals surface area (Å²) in [5, 5.41) is 0.787. The van der Waals surface area contributed by atoms with Gasteiger partial charge in [-0.3, -0.25) is 9.80 Å². The lowest BCUT2D eigenvalue weighted by atomic mass is 9.97. The number of likely N-dealkylation sites (N-methyl/N-ethyl adjacent to an activating group) is 1. The van der Waals surface area contributed by atoms with Crippen molar-refractivity contribution in [2.75, 3.05) is 52.9 Å². The second kappa shape index (κ2) is 12.3. The highest BCUT2D eigenvalue weighted by atomic mass is 35.5. The first kappa shape index (κ1) is 24.7. The van der Waals surface area contributed by atoms with E-state index in [0.29, 0.717) is 6.04 Å². The van der Waals surface area contributed by atoms with Crippen LogP contribution in [0.4, 0.5) is 0 Å². The van der Waals surface area contributed by atoms with Gasteiger partial charge in [0.2, 0.25) is 0 Å². The fourth-order valence-electron chi connectivity index (χ4n) is 4.58. The van der Waals surface area contributed by atoms with E-state index in [1.165, 1.54) is 22.3 Å². The highest BCUT2D eigenvalue weighted by molar-refractivity contribution is 6.30. The second-order valence-corrected chi connectivity index (χ2v) is 9.65. The molecule has 4 heteroatoms. The van der Waals surface area contributed by atoms with Crippen LogP contribution >= 0.6 is 11.6 Å². The fraction of sp³-hybridized carbons (Fsp3) is 0.333. The van der Waals surface area contributed by atoms with E-state index < -0.39 is 0 Å². The van der Waals surface area contributed by atoms with Gasteiger partial charge in [-0.05, 0) is 48.4 Å². The van der Waals surface area contributed by atoms with Crippen molar-refractivity contribution < 1.29 is 0 Å². The molecule has 0 radical (unpaired) electrons. The zero-order valence-electron chi connectivity index (χ0n) is 20.4. The molecule has 1 saturated heterocycles. The Hall–Kier alpha value is -2.43. The Labute approximate surface area is 210 Å². The van der Waals surface area contributed by atoms with Crippen LogP contribution in [0.2, 0.25) is 5.02 Å². The predicted octanol–water partition coefficient (Wildman–Crippen LogP) is 6.08. The minimum absolute atomic E-state index is 0.300. The Kier molecular flexibility index (Phi) is 8.95. The molecule has 3 aromatic rings. The monoisotopic (exact) mass is 473 g/mol. The molecule has 1 heterocycles. The molecular formula is C30H36ClN3. The lowest BCUT2D eigenvalue weighted by Crippen LogP contribution is -2.47. The highest BCUT2D eigenvalue weighted by Crippen LogP contribution is 2.26. The number of rotatable bonds is 9. The third kappa shape index (κ3) is 6.80. The predicted molar refractivity (Wildman–Crippen MR) is 145 cm³/mol. The zero-order chi connectivity index (χ0) is 23.8. The summed E-state index contributed by atoms with van der Waals surface area (Å²) in [4.78, 5) is 7.60. The van der Waals surface area contributed by atoms with E-state index in [1.807, 2.05) is 12.1 Å². The molecule has 0 aliphatic carbocycles. The van der Waals surface area contributed by atoms with E-state index in [1.54, 1.807) is 0 Å². The van der Waals surface area contributed by atoms with Gasteiger partial charge in [-0.1, -0.05) is 90.5 Å². The van der Waals surface area contributed by atoms with Crippen LogP contribution in [0.5, 0.6) is 0 Å². The van der Waals surface area contributed by atoms with E-state index in [-0.39, 0.29) is 0 Å². The Bertz CT molecular complexity index is 984. The molecule has 1 aliphatic rings. The molecule has 1 fully saturated rings. The van der Waals surface area contributed by atoms with Gasteiger partial charge >= 0.3 is 0 Å². The van der Waals surface area contributed by atoms with Crippen molar-refractivity contribution in [2.24, 2.45) is 0 Å². The van der Waals surface area contributed by atoms with E-state index in [9.17, 15) is 0 Å². The maximum atomic E-state index is 6.18. The molecule has 1 atom stereocenters. The summed E-state index contributed by atoms with van der Waals surface area (Å²) in [6.45, 7) is 9.91. The van der Waals surface area contributed by atoms with Gasteiger partial charge in [0.25, 0.3) is 0 Å². The second-order valence-electron chi connectivity index (χ2n) is 9.22. The van der Waals surface area contributed by atoms with Gasteiger partial charge < -0.3 is 4.90 Å². The fourth-order valence-corrected chi connectivity index (χ4v) is 4.71. The molecule has 0 amide bonds. The molecule has 3 nitrogen and oxygen atoms in total. The van der Waals surface area contributed by atoms with Crippen LogP contribution in [-0.4, -0.2) is 67.6 Å². The molecule has 0 bridgehead atoms. The summed E-state index contributed by atoms with van der Waals surface area (Å²) in [5.74, 6) is 0. The van der Waals surface area contributed by atoms with Crippen molar-refractivity contribution >= 4 is 17.2 Å². The third-order valence-corrected chi connectivity index (χ3v) is 7.15. The zero-order valence-corrected chi connectivity index (χ0v) is 21.2. The molecule has 1 aliphatic heterocycles. The lowest BCUT2D eigenvalue weighted by Gasteiger charge is -2.35. The summed E-state index contributed by atoms with van der Waals surface area (Å²) < 4.78 is 0. The molecule has 0 spiro atoms. The van der Waals surface area contributed by atoms with Crippen molar-refractivity contribution in [1.29, 1.82) is 0 Å². The van der Waals surface area contributed by atoms with Crippen LogP contribution in [-0.2, 0) is 0 Å². The van der Waals surface area contributed by atoms with Gasteiger partial charge in [0.05, 0.1) is 0 Å². The highest BCUT2D eigenvalue weighted by Gasteiger charge is 2.19.